The first-order chi connectivity index (χ1) is 34.5. The molecule has 7 aromatic carbocycles. The van der Waals surface area contributed by atoms with Gasteiger partial charge in [0.15, 0.2) is 0 Å². The van der Waals surface area contributed by atoms with Crippen LogP contribution in [0.15, 0.2) is 146 Å². The number of halogens is 3. The standard InChI is InChI=1S/C27H27FO3.C23H19FO.C6H5BFO.C3H7NO3.H2O/c1-18-10-11-20(12-13-23(17-29)27(30)31)16-22(18)15-14-21-6-5-8-24(19(21)2)25-7-3-4-9-26(25)28;1-16-10-11-18(15-25)14-20(16)13-12-19-6-5-8-21(17(19)2)22-7-3-4-9-23(22)24;8-6-4-2-1-3-5(6)7-9;4-2(1-5)3(6)7;/h3-11,14-16,23,29H,12-13,17H2,1-2H3,(H,30,31);3-15H,1-2H3;1-4,9H;2,5H,1,4H2,(H,6,7);1H2/b15-14+;13-12+;;;. The molecule has 379 valence electrons. The molecule has 7 rings (SSSR count). The summed E-state index contributed by atoms with van der Waals surface area (Å²) in [4.78, 5) is 31.7. The Kier molecular flexibility index (Phi) is 24.7. The Morgan fingerprint density at radius 2 is 1.01 bits per heavy atom. The summed E-state index contributed by atoms with van der Waals surface area (Å²) in [6.07, 6.45) is 9.89. The number of carboxylic acid groups (broad SMARTS) is 2. The second kappa shape index (κ2) is 30.2. The second-order valence-corrected chi connectivity index (χ2v) is 16.6. The lowest BCUT2D eigenvalue weighted by molar-refractivity contribution is -0.143. The second-order valence-electron chi connectivity index (χ2n) is 16.6. The predicted molar refractivity (Wildman–Crippen MR) is 286 cm³/mol. The smallest absolute Gasteiger partial charge is 0.329 e. The quantitative estimate of drug-likeness (QED) is 0.0328. The molecule has 73 heavy (non-hydrogen) atoms. The van der Waals surface area contributed by atoms with Crippen molar-refractivity contribution in [2.45, 2.75) is 46.6 Å². The number of aliphatic hydroxyl groups is 2. The number of aryl methyl sites for hydroxylation is 3. The predicted octanol–water partition coefficient (Wildman–Crippen LogP) is 9.63. The average Bonchev–Trinajstić information content (AvgIpc) is 3.38. The lowest BCUT2D eigenvalue weighted by Gasteiger charge is -2.11. The topological polar surface area (TPSA) is 210 Å². The Morgan fingerprint density at radius 1 is 0.562 bits per heavy atom. The number of nitrogens with two attached hydrogens (primary N) is 1. The minimum atomic E-state index is -1.18. The van der Waals surface area contributed by atoms with Gasteiger partial charge in [0.05, 0.1) is 19.1 Å². The van der Waals surface area contributed by atoms with E-state index in [-0.39, 0.29) is 29.2 Å². The van der Waals surface area contributed by atoms with Gasteiger partial charge in [-0.3, -0.25) is 14.4 Å². The fourth-order valence-corrected chi connectivity index (χ4v) is 7.20. The molecule has 0 saturated carbocycles. The Balaban J connectivity index is 0.000000296. The van der Waals surface area contributed by atoms with Crippen LogP contribution in [-0.4, -0.2) is 75.9 Å². The third kappa shape index (κ3) is 17.8. The normalized spacial score (nSPS) is 11.4. The molecule has 0 spiro atoms. The summed E-state index contributed by atoms with van der Waals surface area (Å²) in [5.41, 5.74) is 17.9. The van der Waals surface area contributed by atoms with E-state index in [1.807, 2.05) is 131 Å². The minimum Gasteiger partial charge on any atom is -0.481 e. The highest BCUT2D eigenvalue weighted by atomic mass is 19.1. The number of rotatable bonds is 15. The summed E-state index contributed by atoms with van der Waals surface area (Å²) in [5, 5.41) is 42.6. The van der Waals surface area contributed by atoms with Gasteiger partial charge in [-0.05, 0) is 131 Å². The summed E-state index contributed by atoms with van der Waals surface area (Å²) >= 11 is 0. The molecule has 1 radical (unpaired) electrons. The van der Waals surface area contributed by atoms with Crippen molar-refractivity contribution < 1.29 is 58.5 Å². The van der Waals surface area contributed by atoms with Crippen LogP contribution in [0.5, 0.6) is 0 Å². The first-order valence-corrected chi connectivity index (χ1v) is 22.9. The number of benzene rings is 7. The van der Waals surface area contributed by atoms with Gasteiger partial charge in [0, 0.05) is 16.7 Å². The molecule has 10 nitrogen and oxygen atoms in total. The third-order valence-corrected chi connectivity index (χ3v) is 11.7. The van der Waals surface area contributed by atoms with E-state index in [4.69, 9.17) is 26.1 Å². The first kappa shape index (κ1) is 59.6. The van der Waals surface area contributed by atoms with Gasteiger partial charge in [-0.25, -0.2) is 13.2 Å². The first-order valence-electron chi connectivity index (χ1n) is 22.9. The Hall–Kier alpha value is -7.72. The molecular formula is C59H60BF3NO9. The molecule has 0 aliphatic heterocycles. The fraction of sp³-hybridized carbons (Fsp3) is 0.169. The van der Waals surface area contributed by atoms with Crippen LogP contribution < -0.4 is 11.2 Å². The zero-order valence-corrected chi connectivity index (χ0v) is 41.0. The number of carbonyl (C=O) groups excluding carboxylic acids is 1. The van der Waals surface area contributed by atoms with Gasteiger partial charge in [0.25, 0.3) is 0 Å². The van der Waals surface area contributed by atoms with Crippen molar-refractivity contribution >= 4 is 55.5 Å². The lowest BCUT2D eigenvalue weighted by atomic mass is 9.88. The van der Waals surface area contributed by atoms with E-state index in [1.54, 1.807) is 36.4 Å². The molecule has 0 bridgehead atoms. The number of carbonyl (C=O) groups is 3. The van der Waals surface area contributed by atoms with Gasteiger partial charge in [-0.15, -0.1) is 0 Å². The van der Waals surface area contributed by atoms with Crippen LogP contribution in [-0.2, 0) is 16.0 Å². The van der Waals surface area contributed by atoms with Crippen LogP contribution in [0.2, 0.25) is 0 Å². The Morgan fingerprint density at radius 3 is 1.42 bits per heavy atom. The third-order valence-electron chi connectivity index (χ3n) is 11.7. The van der Waals surface area contributed by atoms with Crippen LogP contribution in [0.25, 0.3) is 46.6 Å². The molecule has 14 heteroatoms. The van der Waals surface area contributed by atoms with E-state index in [2.05, 4.69) is 6.07 Å². The largest absolute Gasteiger partial charge is 0.481 e. The number of aldehydes is 1. The van der Waals surface area contributed by atoms with Crippen molar-refractivity contribution in [2.75, 3.05) is 13.2 Å². The fourth-order valence-electron chi connectivity index (χ4n) is 7.20. The highest BCUT2D eigenvalue weighted by Gasteiger charge is 2.16. The van der Waals surface area contributed by atoms with Crippen LogP contribution >= 0.6 is 0 Å². The molecule has 2 unspecified atom stereocenters. The number of aliphatic carboxylic acids is 2. The van der Waals surface area contributed by atoms with E-state index in [0.29, 0.717) is 29.5 Å². The molecule has 0 aliphatic rings. The number of aliphatic hydroxyl groups excluding tert-OH is 2. The van der Waals surface area contributed by atoms with Crippen molar-refractivity contribution in [3.05, 3.63) is 219 Å². The number of carboxylic acids is 2. The van der Waals surface area contributed by atoms with Gasteiger partial charge in [0.2, 0.25) is 0 Å². The van der Waals surface area contributed by atoms with E-state index in [0.717, 1.165) is 75.0 Å². The van der Waals surface area contributed by atoms with E-state index in [1.165, 1.54) is 24.3 Å². The van der Waals surface area contributed by atoms with E-state index >= 15 is 0 Å². The number of hydrogen-bond donors (Lipinski definition) is 6. The zero-order chi connectivity index (χ0) is 52.7. The SMILES string of the molecule is Cc1ccc(C=O)cc1/C=C/c1cccc(-c2ccccc2F)c1C.Cc1ccc(CCC(CO)C(=O)O)cc1/C=C/c1cccc(-c2ccccc2F)c1C.NC(CO)C(=O)O.O.O[B]c1ccccc1F. The van der Waals surface area contributed by atoms with Gasteiger partial charge in [0.1, 0.15) is 29.8 Å². The maximum Gasteiger partial charge on any atom is 0.329 e. The monoisotopic (exact) mass is 994 g/mol. The minimum absolute atomic E-state index is 0. The highest BCUT2D eigenvalue weighted by molar-refractivity contribution is 6.45. The molecule has 0 fully saturated rings. The lowest BCUT2D eigenvalue weighted by Crippen LogP contribution is -2.33. The molecular weight excluding hydrogens is 934 g/mol. The molecule has 0 aliphatic carbocycles. The molecule has 9 N–H and O–H groups in total. The molecule has 0 aromatic heterocycles. The van der Waals surface area contributed by atoms with Crippen molar-refractivity contribution in [1.82, 2.24) is 0 Å². The van der Waals surface area contributed by atoms with Gasteiger partial charge in [-0.1, -0.05) is 146 Å². The van der Waals surface area contributed by atoms with Gasteiger partial charge in [-0.2, -0.15) is 0 Å². The number of hydrogen-bond acceptors (Lipinski definition) is 7. The van der Waals surface area contributed by atoms with Crippen LogP contribution in [0.1, 0.15) is 66.8 Å². The average molecular weight is 995 g/mol. The summed E-state index contributed by atoms with van der Waals surface area (Å²) in [6, 6.07) is 41.9. The molecule has 0 saturated heterocycles. The van der Waals surface area contributed by atoms with E-state index in [9.17, 15) is 32.7 Å². The molecule has 2 atom stereocenters. The van der Waals surface area contributed by atoms with Crippen LogP contribution in [0.4, 0.5) is 13.2 Å². The summed E-state index contributed by atoms with van der Waals surface area (Å²) < 4.78 is 40.8. The van der Waals surface area contributed by atoms with Crippen molar-refractivity contribution in [2.24, 2.45) is 11.7 Å². The van der Waals surface area contributed by atoms with Crippen LogP contribution in [0.3, 0.4) is 0 Å². The Labute approximate surface area is 424 Å². The summed E-state index contributed by atoms with van der Waals surface area (Å²) in [5.74, 6) is -3.76. The van der Waals surface area contributed by atoms with E-state index < -0.39 is 36.3 Å². The highest BCUT2D eigenvalue weighted by Crippen LogP contribution is 2.31. The molecule has 7 aromatic rings. The maximum atomic E-state index is 14.3. The summed E-state index contributed by atoms with van der Waals surface area (Å²) in [6.45, 7) is 7.17. The summed E-state index contributed by atoms with van der Waals surface area (Å²) in [7, 11) is 0.745. The maximum absolute atomic E-state index is 14.3. The Bertz CT molecular complexity index is 3000. The van der Waals surface area contributed by atoms with Crippen molar-refractivity contribution in [1.29, 1.82) is 0 Å². The zero-order valence-electron chi connectivity index (χ0n) is 41.0. The van der Waals surface area contributed by atoms with Crippen LogP contribution in [0, 0.1) is 51.1 Å². The molecule has 0 heterocycles. The van der Waals surface area contributed by atoms with Gasteiger partial charge >= 0.3 is 19.4 Å². The van der Waals surface area contributed by atoms with Gasteiger partial charge < -0.3 is 36.7 Å². The van der Waals surface area contributed by atoms with Crippen molar-refractivity contribution in [3.8, 4) is 22.3 Å². The molecule has 0 amide bonds. The van der Waals surface area contributed by atoms with Crippen molar-refractivity contribution in [3.63, 3.8) is 0 Å².